The van der Waals surface area contributed by atoms with Gasteiger partial charge in [0, 0.05) is 12.6 Å². The summed E-state index contributed by atoms with van der Waals surface area (Å²) in [4.78, 5) is 24.5. The molecule has 6 nitrogen and oxygen atoms in total. The van der Waals surface area contributed by atoms with Gasteiger partial charge in [0.05, 0.1) is 12.0 Å². The highest BCUT2D eigenvalue weighted by Crippen LogP contribution is 2.34. The summed E-state index contributed by atoms with van der Waals surface area (Å²) in [5.74, 6) is -0.333. The van der Waals surface area contributed by atoms with Crippen molar-refractivity contribution in [3.63, 3.8) is 0 Å². The van der Waals surface area contributed by atoms with Gasteiger partial charge >= 0.3 is 5.97 Å². The Morgan fingerprint density at radius 3 is 2.85 bits per heavy atom. The maximum atomic E-state index is 11.9. The topological polar surface area (TPSA) is 72.7 Å². The lowest BCUT2D eigenvalue weighted by Gasteiger charge is -2.35. The van der Waals surface area contributed by atoms with Crippen LogP contribution >= 0.6 is 0 Å². The highest BCUT2D eigenvalue weighted by atomic mass is 16.6. The fourth-order valence-corrected chi connectivity index (χ4v) is 2.62. The van der Waals surface area contributed by atoms with Crippen LogP contribution in [0.15, 0.2) is 18.2 Å². The Balaban J connectivity index is 2.44. The standard InChI is InChI=1S/C14H18N2O4/c1-10-6-7-11(16(18)19)13(9-10)15-8-4-3-5-12(15)14(17)20-2/h6-7,9,12H,3-5,8H2,1-2H3. The summed E-state index contributed by atoms with van der Waals surface area (Å²) in [6.45, 7) is 2.51. The minimum atomic E-state index is -0.436. The van der Waals surface area contributed by atoms with Crippen LogP contribution < -0.4 is 4.90 Å². The molecule has 0 radical (unpaired) electrons. The maximum absolute atomic E-state index is 11.9. The summed E-state index contributed by atoms with van der Waals surface area (Å²) in [6.07, 6.45) is 2.51. The second-order valence-corrected chi connectivity index (χ2v) is 4.98. The lowest BCUT2D eigenvalue weighted by molar-refractivity contribution is -0.384. The van der Waals surface area contributed by atoms with Gasteiger partial charge in [-0.1, -0.05) is 6.07 Å². The van der Waals surface area contributed by atoms with E-state index in [1.54, 1.807) is 17.0 Å². The predicted octanol–water partition coefficient (Wildman–Crippen LogP) is 2.44. The summed E-state index contributed by atoms with van der Waals surface area (Å²) >= 11 is 0. The summed E-state index contributed by atoms with van der Waals surface area (Å²) in [6, 6.07) is 4.53. The number of hydrogen-bond donors (Lipinski definition) is 0. The van der Waals surface area contributed by atoms with E-state index in [0.29, 0.717) is 18.7 Å². The third kappa shape index (κ3) is 2.74. The van der Waals surface area contributed by atoms with E-state index >= 15 is 0 Å². The molecule has 1 heterocycles. The summed E-state index contributed by atoms with van der Waals surface area (Å²) in [5, 5.41) is 11.2. The number of anilines is 1. The van der Waals surface area contributed by atoms with Crippen LogP contribution in [0.4, 0.5) is 11.4 Å². The molecule has 0 aliphatic carbocycles. The van der Waals surface area contributed by atoms with Crippen LogP contribution in [0.3, 0.4) is 0 Å². The van der Waals surface area contributed by atoms with E-state index in [9.17, 15) is 14.9 Å². The Labute approximate surface area is 117 Å². The molecule has 1 aromatic rings. The second-order valence-electron chi connectivity index (χ2n) is 4.98. The van der Waals surface area contributed by atoms with E-state index in [4.69, 9.17) is 4.74 Å². The number of rotatable bonds is 3. The number of carbonyl (C=O) groups is 1. The third-order valence-corrected chi connectivity index (χ3v) is 3.61. The van der Waals surface area contributed by atoms with Gasteiger partial charge in [0.15, 0.2) is 0 Å². The second kappa shape index (κ2) is 5.90. The molecule has 0 saturated carbocycles. The maximum Gasteiger partial charge on any atom is 0.328 e. The van der Waals surface area contributed by atoms with E-state index in [1.807, 2.05) is 6.92 Å². The van der Waals surface area contributed by atoms with Crippen molar-refractivity contribution in [3.8, 4) is 0 Å². The molecule has 1 fully saturated rings. The van der Waals surface area contributed by atoms with Crippen LogP contribution in [0.2, 0.25) is 0 Å². The first kappa shape index (κ1) is 14.3. The number of nitrogens with zero attached hydrogens (tertiary/aromatic N) is 2. The van der Waals surface area contributed by atoms with Crippen molar-refractivity contribution in [3.05, 3.63) is 33.9 Å². The molecule has 2 rings (SSSR count). The van der Waals surface area contributed by atoms with Crippen molar-refractivity contribution < 1.29 is 14.5 Å². The van der Waals surface area contributed by atoms with Gasteiger partial charge in [-0.05, 0) is 37.8 Å². The molecule has 1 atom stereocenters. The molecule has 1 aliphatic rings. The Bertz CT molecular complexity index is 530. The molecule has 0 aromatic heterocycles. The highest BCUT2D eigenvalue weighted by molar-refractivity contribution is 5.82. The van der Waals surface area contributed by atoms with Crippen molar-refractivity contribution >= 4 is 17.3 Å². The Kier molecular flexibility index (Phi) is 4.22. The molecule has 108 valence electrons. The monoisotopic (exact) mass is 278 g/mol. The summed E-state index contributed by atoms with van der Waals surface area (Å²) in [5.41, 5.74) is 1.47. The average molecular weight is 278 g/mol. The Morgan fingerprint density at radius 1 is 1.45 bits per heavy atom. The van der Waals surface area contributed by atoms with Gasteiger partial charge in [-0.3, -0.25) is 10.1 Å². The molecule has 1 saturated heterocycles. The lowest BCUT2D eigenvalue weighted by Crippen LogP contribution is -2.45. The first-order chi connectivity index (χ1) is 9.54. The molecule has 1 aromatic carbocycles. The highest BCUT2D eigenvalue weighted by Gasteiger charge is 2.33. The van der Waals surface area contributed by atoms with Gasteiger partial charge in [-0.25, -0.2) is 4.79 Å². The van der Waals surface area contributed by atoms with E-state index in [0.717, 1.165) is 18.4 Å². The molecule has 1 unspecified atom stereocenters. The van der Waals surface area contributed by atoms with Crippen molar-refractivity contribution in [2.75, 3.05) is 18.6 Å². The average Bonchev–Trinajstić information content (AvgIpc) is 2.46. The lowest BCUT2D eigenvalue weighted by atomic mass is 10.0. The van der Waals surface area contributed by atoms with Crippen molar-refractivity contribution in [1.29, 1.82) is 0 Å². The van der Waals surface area contributed by atoms with E-state index in [1.165, 1.54) is 13.2 Å². The number of nitro benzene ring substituents is 1. The summed E-state index contributed by atoms with van der Waals surface area (Å²) in [7, 11) is 1.35. The van der Waals surface area contributed by atoms with Crippen molar-refractivity contribution in [1.82, 2.24) is 0 Å². The SMILES string of the molecule is COC(=O)C1CCCCN1c1cc(C)ccc1[N+](=O)[O-]. The zero-order valence-corrected chi connectivity index (χ0v) is 11.7. The molecule has 0 spiro atoms. The number of aryl methyl sites for hydroxylation is 1. The van der Waals surface area contributed by atoms with Crippen molar-refractivity contribution in [2.45, 2.75) is 32.2 Å². The number of methoxy groups -OCH3 is 1. The number of ether oxygens (including phenoxy) is 1. The van der Waals surface area contributed by atoms with Crippen LogP contribution in [0.1, 0.15) is 24.8 Å². The molecule has 0 amide bonds. The van der Waals surface area contributed by atoms with E-state index in [2.05, 4.69) is 0 Å². The third-order valence-electron chi connectivity index (χ3n) is 3.61. The molecule has 0 N–H and O–H groups in total. The molecular weight excluding hydrogens is 260 g/mol. The van der Waals surface area contributed by atoms with Gasteiger partial charge in [0.2, 0.25) is 0 Å². The van der Waals surface area contributed by atoms with Gasteiger partial charge in [0.1, 0.15) is 11.7 Å². The van der Waals surface area contributed by atoms with Crippen LogP contribution in [-0.2, 0) is 9.53 Å². The van der Waals surface area contributed by atoms with Gasteiger partial charge in [-0.2, -0.15) is 0 Å². The molecule has 1 aliphatic heterocycles. The van der Waals surface area contributed by atoms with E-state index in [-0.39, 0.29) is 11.7 Å². The number of hydrogen-bond acceptors (Lipinski definition) is 5. The van der Waals surface area contributed by atoms with Crippen LogP contribution in [0.5, 0.6) is 0 Å². The summed E-state index contributed by atoms with van der Waals surface area (Å²) < 4.78 is 4.82. The number of benzene rings is 1. The van der Waals surface area contributed by atoms with Crippen LogP contribution in [0.25, 0.3) is 0 Å². The fourth-order valence-electron chi connectivity index (χ4n) is 2.62. The Morgan fingerprint density at radius 2 is 2.20 bits per heavy atom. The van der Waals surface area contributed by atoms with Crippen LogP contribution in [0, 0.1) is 17.0 Å². The van der Waals surface area contributed by atoms with Gasteiger partial charge < -0.3 is 9.64 Å². The zero-order chi connectivity index (χ0) is 14.7. The Hall–Kier alpha value is -2.11. The molecule has 6 heteroatoms. The van der Waals surface area contributed by atoms with Gasteiger partial charge in [0.25, 0.3) is 5.69 Å². The van der Waals surface area contributed by atoms with Crippen LogP contribution in [-0.4, -0.2) is 30.6 Å². The minimum absolute atomic E-state index is 0.0337. The fraction of sp³-hybridized carbons (Fsp3) is 0.500. The molecular formula is C14H18N2O4. The smallest absolute Gasteiger partial charge is 0.328 e. The largest absolute Gasteiger partial charge is 0.467 e. The number of nitro groups is 1. The normalized spacial score (nSPS) is 18.7. The predicted molar refractivity (Wildman–Crippen MR) is 74.8 cm³/mol. The van der Waals surface area contributed by atoms with E-state index < -0.39 is 11.0 Å². The minimum Gasteiger partial charge on any atom is -0.467 e. The zero-order valence-electron chi connectivity index (χ0n) is 11.7. The number of carbonyl (C=O) groups excluding carboxylic acids is 1. The number of esters is 1. The first-order valence-electron chi connectivity index (χ1n) is 6.64. The van der Waals surface area contributed by atoms with Gasteiger partial charge in [-0.15, -0.1) is 0 Å². The number of piperidine rings is 1. The first-order valence-corrected chi connectivity index (χ1v) is 6.64. The molecule has 20 heavy (non-hydrogen) atoms. The quantitative estimate of drug-likeness (QED) is 0.482. The molecule has 0 bridgehead atoms. The van der Waals surface area contributed by atoms with Crippen molar-refractivity contribution in [2.24, 2.45) is 0 Å².